The van der Waals surface area contributed by atoms with Crippen LogP contribution in [0.1, 0.15) is 18.4 Å². The van der Waals surface area contributed by atoms with Gasteiger partial charge >= 0.3 is 5.69 Å². The Balaban J connectivity index is 2.13. The van der Waals surface area contributed by atoms with Crippen LogP contribution in [0, 0.1) is 22.5 Å². The van der Waals surface area contributed by atoms with Crippen molar-refractivity contribution >= 4 is 21.6 Å². The van der Waals surface area contributed by atoms with E-state index in [0.29, 0.717) is 25.6 Å². The second-order valence-corrected chi connectivity index (χ2v) is 5.82. The molecule has 2 rings (SSSR count). The number of rotatable bonds is 5. The van der Waals surface area contributed by atoms with E-state index >= 15 is 0 Å². The van der Waals surface area contributed by atoms with Crippen LogP contribution in [0.15, 0.2) is 18.2 Å². The Morgan fingerprint density at radius 1 is 1.45 bits per heavy atom. The Bertz CT molecular complexity index is 486. The molecule has 0 aliphatic carbocycles. The number of hydrogen-bond acceptors (Lipinski definition) is 4. The molecule has 1 aliphatic rings. The van der Waals surface area contributed by atoms with Crippen molar-refractivity contribution < 1.29 is 14.4 Å². The van der Waals surface area contributed by atoms with E-state index < -0.39 is 4.92 Å². The van der Waals surface area contributed by atoms with E-state index in [1.807, 2.05) is 6.92 Å². The summed E-state index contributed by atoms with van der Waals surface area (Å²) in [6.07, 6.45) is 1.80. The Kier molecular flexibility index (Phi) is 4.99. The van der Waals surface area contributed by atoms with Crippen LogP contribution in [0.3, 0.4) is 0 Å². The number of alkyl halides is 1. The summed E-state index contributed by atoms with van der Waals surface area (Å²) in [5.74, 6) is 0.349. The molecule has 1 aliphatic heterocycles. The van der Waals surface area contributed by atoms with Gasteiger partial charge in [-0.2, -0.15) is 0 Å². The summed E-state index contributed by atoms with van der Waals surface area (Å²) in [5, 5.41) is 11.8. The van der Waals surface area contributed by atoms with Crippen LogP contribution in [0.25, 0.3) is 0 Å². The smallest absolute Gasteiger partial charge is 0.310 e. The molecule has 1 aromatic carbocycles. The predicted molar refractivity (Wildman–Crippen MR) is 79.6 cm³/mol. The van der Waals surface area contributed by atoms with Crippen LogP contribution in [-0.4, -0.2) is 30.1 Å². The van der Waals surface area contributed by atoms with Gasteiger partial charge in [-0.1, -0.05) is 22.0 Å². The minimum Gasteiger partial charge on any atom is -0.486 e. The maximum atomic E-state index is 11.0. The highest BCUT2D eigenvalue weighted by Gasteiger charge is 2.33. The maximum Gasteiger partial charge on any atom is 0.310 e. The van der Waals surface area contributed by atoms with Gasteiger partial charge in [0.1, 0.15) is 0 Å². The van der Waals surface area contributed by atoms with Crippen LogP contribution in [0.5, 0.6) is 5.75 Å². The zero-order valence-corrected chi connectivity index (χ0v) is 13.0. The van der Waals surface area contributed by atoms with Gasteiger partial charge in [-0.3, -0.25) is 10.1 Å². The van der Waals surface area contributed by atoms with Gasteiger partial charge in [-0.05, 0) is 31.4 Å². The molecule has 0 amide bonds. The number of benzene rings is 1. The van der Waals surface area contributed by atoms with Crippen LogP contribution < -0.4 is 4.74 Å². The lowest BCUT2D eigenvalue weighted by Crippen LogP contribution is -2.36. The van der Waals surface area contributed by atoms with Crippen molar-refractivity contribution in [3.05, 3.63) is 33.9 Å². The molecule has 1 heterocycles. The molecular formula is C14H18BrNO4. The van der Waals surface area contributed by atoms with E-state index in [1.165, 1.54) is 6.07 Å². The van der Waals surface area contributed by atoms with E-state index in [2.05, 4.69) is 15.9 Å². The minimum absolute atomic E-state index is 0.00410. The number of nitrogens with zero attached hydrogens (tertiary/aromatic N) is 1. The third kappa shape index (κ3) is 3.49. The number of nitro groups is 1. The van der Waals surface area contributed by atoms with Crippen molar-refractivity contribution in [2.45, 2.75) is 19.8 Å². The molecule has 6 heteroatoms. The fourth-order valence-corrected chi connectivity index (χ4v) is 2.96. The Morgan fingerprint density at radius 2 is 2.15 bits per heavy atom. The second-order valence-electron chi connectivity index (χ2n) is 5.26. The van der Waals surface area contributed by atoms with Gasteiger partial charge in [0.05, 0.1) is 11.5 Å². The number of ether oxygens (including phenoxy) is 2. The summed E-state index contributed by atoms with van der Waals surface area (Å²) in [6.45, 7) is 3.78. The highest BCUT2D eigenvalue weighted by Crippen LogP contribution is 2.35. The summed E-state index contributed by atoms with van der Waals surface area (Å²) in [7, 11) is 0. The molecule has 110 valence electrons. The molecule has 0 radical (unpaired) electrons. The summed E-state index contributed by atoms with van der Waals surface area (Å²) in [6, 6.07) is 4.94. The van der Waals surface area contributed by atoms with Crippen molar-refractivity contribution in [3.63, 3.8) is 0 Å². The molecule has 0 saturated carbocycles. The standard InChI is InChI=1S/C14H18BrNO4/c1-11-2-3-12(16(17)18)13(8-11)20-10-14(9-15)4-6-19-7-5-14/h2-3,8H,4-7,9-10H2,1H3. The lowest BCUT2D eigenvalue weighted by Gasteiger charge is -2.35. The normalized spacial score (nSPS) is 17.7. The van der Waals surface area contributed by atoms with Gasteiger partial charge in [0.25, 0.3) is 0 Å². The first-order chi connectivity index (χ1) is 9.56. The van der Waals surface area contributed by atoms with Gasteiger partial charge < -0.3 is 9.47 Å². The number of aryl methyl sites for hydroxylation is 1. The first-order valence-corrected chi connectivity index (χ1v) is 7.70. The second kappa shape index (κ2) is 6.54. The highest BCUT2D eigenvalue weighted by atomic mass is 79.9. The van der Waals surface area contributed by atoms with Gasteiger partial charge in [0.2, 0.25) is 0 Å². The molecule has 5 nitrogen and oxygen atoms in total. The molecular weight excluding hydrogens is 326 g/mol. The van der Waals surface area contributed by atoms with E-state index in [0.717, 1.165) is 23.7 Å². The van der Waals surface area contributed by atoms with Gasteiger partial charge in [-0.25, -0.2) is 0 Å². The Hall–Kier alpha value is -1.14. The fourth-order valence-electron chi connectivity index (χ4n) is 2.24. The molecule has 0 N–H and O–H groups in total. The van der Waals surface area contributed by atoms with Crippen molar-refractivity contribution in [1.82, 2.24) is 0 Å². The molecule has 0 bridgehead atoms. The van der Waals surface area contributed by atoms with Crippen LogP contribution >= 0.6 is 15.9 Å². The summed E-state index contributed by atoms with van der Waals surface area (Å²) < 4.78 is 11.2. The maximum absolute atomic E-state index is 11.0. The quantitative estimate of drug-likeness (QED) is 0.466. The minimum atomic E-state index is -0.403. The third-order valence-electron chi connectivity index (χ3n) is 3.68. The van der Waals surface area contributed by atoms with Crippen LogP contribution in [0.2, 0.25) is 0 Å². The summed E-state index contributed by atoms with van der Waals surface area (Å²) in [5.41, 5.74) is 0.966. The molecule has 1 fully saturated rings. The molecule has 1 saturated heterocycles. The van der Waals surface area contributed by atoms with Crippen molar-refractivity contribution in [1.29, 1.82) is 0 Å². The Morgan fingerprint density at radius 3 is 2.75 bits per heavy atom. The average molecular weight is 344 g/mol. The molecule has 20 heavy (non-hydrogen) atoms. The Labute approximate surface area is 126 Å². The van der Waals surface area contributed by atoms with Crippen molar-refractivity contribution in [3.8, 4) is 5.75 Å². The molecule has 0 unspecified atom stereocenters. The van der Waals surface area contributed by atoms with E-state index in [4.69, 9.17) is 9.47 Å². The third-order valence-corrected chi connectivity index (χ3v) is 4.87. The molecule has 0 aromatic heterocycles. The molecule has 0 spiro atoms. The highest BCUT2D eigenvalue weighted by molar-refractivity contribution is 9.09. The zero-order chi connectivity index (χ0) is 14.6. The summed E-state index contributed by atoms with van der Waals surface area (Å²) >= 11 is 3.53. The number of halogens is 1. The first-order valence-electron chi connectivity index (χ1n) is 6.58. The monoisotopic (exact) mass is 343 g/mol. The predicted octanol–water partition coefficient (Wildman–Crippen LogP) is 3.47. The largest absolute Gasteiger partial charge is 0.486 e. The van der Waals surface area contributed by atoms with E-state index in [1.54, 1.807) is 12.1 Å². The SMILES string of the molecule is Cc1ccc([N+](=O)[O-])c(OCC2(CBr)CCOCC2)c1. The van der Waals surface area contributed by atoms with Crippen molar-refractivity contribution in [2.75, 3.05) is 25.2 Å². The number of nitro benzene ring substituents is 1. The van der Waals surface area contributed by atoms with E-state index in [-0.39, 0.29) is 11.1 Å². The topological polar surface area (TPSA) is 61.6 Å². The lowest BCUT2D eigenvalue weighted by atomic mass is 9.83. The molecule has 0 atom stereocenters. The lowest BCUT2D eigenvalue weighted by molar-refractivity contribution is -0.386. The van der Waals surface area contributed by atoms with Crippen LogP contribution in [-0.2, 0) is 4.74 Å². The average Bonchev–Trinajstić information content (AvgIpc) is 2.46. The van der Waals surface area contributed by atoms with Crippen molar-refractivity contribution in [2.24, 2.45) is 5.41 Å². The van der Waals surface area contributed by atoms with Gasteiger partial charge in [-0.15, -0.1) is 0 Å². The number of hydrogen-bond donors (Lipinski definition) is 0. The van der Waals surface area contributed by atoms with E-state index in [9.17, 15) is 10.1 Å². The molecule has 1 aromatic rings. The zero-order valence-electron chi connectivity index (χ0n) is 11.4. The van der Waals surface area contributed by atoms with Gasteiger partial charge in [0.15, 0.2) is 5.75 Å². The first kappa shape index (κ1) is 15.3. The summed E-state index contributed by atoms with van der Waals surface area (Å²) in [4.78, 5) is 10.6. The van der Waals surface area contributed by atoms with Crippen LogP contribution in [0.4, 0.5) is 5.69 Å². The fraction of sp³-hybridized carbons (Fsp3) is 0.571. The van der Waals surface area contributed by atoms with Gasteiger partial charge in [0, 0.05) is 30.0 Å².